The third-order valence-corrected chi connectivity index (χ3v) is 2.08. The van der Waals surface area contributed by atoms with E-state index in [4.69, 9.17) is 10.2 Å². The van der Waals surface area contributed by atoms with Crippen LogP contribution >= 0.6 is 0 Å². The first kappa shape index (κ1) is 16.2. The molecule has 0 rings (SSSR count). The lowest BCUT2D eigenvalue weighted by molar-refractivity contribution is -0.140. The van der Waals surface area contributed by atoms with Crippen molar-refractivity contribution >= 4 is 17.9 Å². The molecule has 0 aliphatic carbocycles. The molecule has 0 saturated carbocycles. The number of aliphatic carboxylic acids is 1. The average molecular weight is 261 g/mol. The lowest BCUT2D eigenvalue weighted by atomic mass is 10.3. The molecule has 8 heteroatoms. The molecule has 1 unspecified atom stereocenters. The molecule has 0 bridgehead atoms. The number of rotatable bonds is 7. The van der Waals surface area contributed by atoms with Gasteiger partial charge in [0.1, 0.15) is 6.04 Å². The van der Waals surface area contributed by atoms with E-state index in [-0.39, 0.29) is 5.91 Å². The Bertz CT molecular complexity index is 308. The number of aliphatic hydroxyl groups is 1. The van der Waals surface area contributed by atoms with Gasteiger partial charge in [0.25, 0.3) is 0 Å². The number of carbonyl (C=O) groups excluding carboxylic acids is 2. The number of hydrogen-bond acceptors (Lipinski definition) is 4. The van der Waals surface area contributed by atoms with Crippen LogP contribution in [0, 0.1) is 0 Å². The smallest absolute Gasteiger partial charge is 0.328 e. The maximum atomic E-state index is 11.4. The molecular weight excluding hydrogens is 242 g/mol. The summed E-state index contributed by atoms with van der Waals surface area (Å²) in [5.74, 6) is -1.71. The second-order valence-electron chi connectivity index (χ2n) is 3.70. The fourth-order valence-corrected chi connectivity index (χ4v) is 1.05. The van der Waals surface area contributed by atoms with E-state index < -0.39 is 30.7 Å². The Morgan fingerprint density at radius 3 is 2.28 bits per heavy atom. The van der Waals surface area contributed by atoms with E-state index in [0.29, 0.717) is 6.54 Å². The number of hydrogen-bond donors (Lipinski definition) is 5. The van der Waals surface area contributed by atoms with Crippen molar-refractivity contribution in [2.24, 2.45) is 0 Å². The Labute approximate surface area is 105 Å². The van der Waals surface area contributed by atoms with E-state index >= 15 is 0 Å². The summed E-state index contributed by atoms with van der Waals surface area (Å²) in [6.45, 7) is 3.14. The monoisotopic (exact) mass is 261 g/mol. The normalized spacial score (nSPS) is 13.3. The van der Waals surface area contributed by atoms with Gasteiger partial charge in [0.15, 0.2) is 6.04 Å². The molecule has 0 aliphatic rings. The summed E-state index contributed by atoms with van der Waals surface area (Å²) in [5, 5.41) is 24.2. The van der Waals surface area contributed by atoms with E-state index in [1.807, 2.05) is 12.2 Å². The molecule has 0 fully saturated rings. The third-order valence-electron chi connectivity index (χ3n) is 2.08. The van der Waals surface area contributed by atoms with Crippen molar-refractivity contribution in [1.29, 1.82) is 0 Å². The summed E-state index contributed by atoms with van der Waals surface area (Å²) < 4.78 is 0. The molecule has 0 spiro atoms. The van der Waals surface area contributed by atoms with Crippen LogP contribution in [-0.2, 0) is 9.59 Å². The Balaban J connectivity index is 4.14. The zero-order valence-corrected chi connectivity index (χ0v) is 10.4. The Kier molecular flexibility index (Phi) is 7.45. The van der Waals surface area contributed by atoms with E-state index in [9.17, 15) is 14.4 Å². The number of amides is 3. The first-order chi connectivity index (χ1) is 8.42. The quantitative estimate of drug-likeness (QED) is 0.387. The lowest BCUT2D eigenvalue weighted by Gasteiger charge is -2.16. The van der Waals surface area contributed by atoms with E-state index in [0.717, 1.165) is 6.42 Å². The van der Waals surface area contributed by atoms with Crippen LogP contribution in [0.15, 0.2) is 0 Å². The highest BCUT2D eigenvalue weighted by Gasteiger charge is 2.21. The van der Waals surface area contributed by atoms with Crippen LogP contribution in [0.1, 0.15) is 20.3 Å². The lowest BCUT2D eigenvalue weighted by Crippen LogP contribution is -2.53. The topological polar surface area (TPSA) is 128 Å². The fraction of sp³-hybridized carbons (Fsp3) is 0.700. The standard InChI is InChI=1S/C10H19N3O5/c1-3-4-11-8(15)6(2)12-10(18)13-7(5-14)9(16)17/h6-7,14H,3-5H2,1-2H3,(H,11,15)(H,16,17)(H2,12,13,18)/t6?,7-/m1/s1. The molecule has 104 valence electrons. The van der Waals surface area contributed by atoms with Gasteiger partial charge in [0.05, 0.1) is 6.61 Å². The number of urea groups is 1. The highest BCUT2D eigenvalue weighted by Crippen LogP contribution is 1.86. The van der Waals surface area contributed by atoms with Gasteiger partial charge in [-0.25, -0.2) is 9.59 Å². The van der Waals surface area contributed by atoms with Gasteiger partial charge in [-0.1, -0.05) is 6.92 Å². The fourth-order valence-electron chi connectivity index (χ4n) is 1.05. The molecule has 0 aromatic rings. The summed E-state index contributed by atoms with van der Waals surface area (Å²) >= 11 is 0. The first-order valence-electron chi connectivity index (χ1n) is 5.60. The van der Waals surface area contributed by atoms with Crippen LogP contribution in [0.5, 0.6) is 0 Å². The van der Waals surface area contributed by atoms with Crippen molar-refractivity contribution in [3.8, 4) is 0 Å². The molecule has 0 heterocycles. The largest absolute Gasteiger partial charge is 0.480 e. The van der Waals surface area contributed by atoms with Crippen molar-refractivity contribution in [2.45, 2.75) is 32.4 Å². The number of carboxylic acid groups (broad SMARTS) is 1. The second kappa shape index (κ2) is 8.29. The maximum absolute atomic E-state index is 11.4. The van der Waals surface area contributed by atoms with Crippen LogP contribution in [-0.4, -0.2) is 53.4 Å². The predicted molar refractivity (Wildman–Crippen MR) is 62.9 cm³/mol. The average Bonchev–Trinajstić information content (AvgIpc) is 2.32. The van der Waals surface area contributed by atoms with Crippen molar-refractivity contribution in [3.05, 3.63) is 0 Å². The van der Waals surface area contributed by atoms with Gasteiger partial charge in [-0.3, -0.25) is 4.79 Å². The van der Waals surface area contributed by atoms with Crippen LogP contribution in [0.3, 0.4) is 0 Å². The number of aliphatic hydroxyl groups excluding tert-OH is 1. The van der Waals surface area contributed by atoms with E-state index in [1.54, 1.807) is 0 Å². The van der Waals surface area contributed by atoms with Gasteiger partial charge in [-0.05, 0) is 13.3 Å². The molecule has 18 heavy (non-hydrogen) atoms. The number of nitrogens with one attached hydrogen (secondary N) is 3. The maximum Gasteiger partial charge on any atom is 0.328 e. The Morgan fingerprint density at radius 1 is 1.22 bits per heavy atom. The van der Waals surface area contributed by atoms with Gasteiger partial charge in [0.2, 0.25) is 5.91 Å². The van der Waals surface area contributed by atoms with Crippen LogP contribution in [0.4, 0.5) is 4.79 Å². The highest BCUT2D eigenvalue weighted by molar-refractivity contribution is 5.88. The van der Waals surface area contributed by atoms with E-state index in [1.165, 1.54) is 6.92 Å². The van der Waals surface area contributed by atoms with Gasteiger partial charge in [0, 0.05) is 6.54 Å². The first-order valence-corrected chi connectivity index (χ1v) is 5.60. The molecule has 0 aromatic carbocycles. The molecular formula is C10H19N3O5. The van der Waals surface area contributed by atoms with Crippen LogP contribution in [0.25, 0.3) is 0 Å². The van der Waals surface area contributed by atoms with Crippen molar-refractivity contribution < 1.29 is 24.6 Å². The number of carboxylic acids is 1. The van der Waals surface area contributed by atoms with Crippen LogP contribution < -0.4 is 16.0 Å². The van der Waals surface area contributed by atoms with Crippen molar-refractivity contribution in [2.75, 3.05) is 13.2 Å². The highest BCUT2D eigenvalue weighted by atomic mass is 16.4. The molecule has 5 N–H and O–H groups in total. The summed E-state index contributed by atoms with van der Waals surface area (Å²) in [4.78, 5) is 33.3. The molecule has 0 aromatic heterocycles. The molecule has 0 saturated heterocycles. The Hall–Kier alpha value is -1.83. The predicted octanol–water partition coefficient (Wildman–Crippen LogP) is -1.35. The van der Waals surface area contributed by atoms with Gasteiger partial charge in [-0.15, -0.1) is 0 Å². The molecule has 0 aliphatic heterocycles. The molecule has 0 radical (unpaired) electrons. The summed E-state index contributed by atoms with van der Waals surface area (Å²) in [7, 11) is 0. The summed E-state index contributed by atoms with van der Waals surface area (Å²) in [6, 6.07) is -3.00. The molecule has 2 atom stereocenters. The summed E-state index contributed by atoms with van der Waals surface area (Å²) in [5.41, 5.74) is 0. The van der Waals surface area contributed by atoms with Crippen molar-refractivity contribution in [3.63, 3.8) is 0 Å². The zero-order valence-electron chi connectivity index (χ0n) is 10.4. The Morgan fingerprint density at radius 2 is 1.83 bits per heavy atom. The second-order valence-corrected chi connectivity index (χ2v) is 3.70. The van der Waals surface area contributed by atoms with Gasteiger partial charge < -0.3 is 26.2 Å². The van der Waals surface area contributed by atoms with Gasteiger partial charge in [-0.2, -0.15) is 0 Å². The molecule has 8 nitrogen and oxygen atoms in total. The number of carbonyl (C=O) groups is 3. The minimum atomic E-state index is -1.39. The SMILES string of the molecule is CCCNC(=O)C(C)NC(=O)N[C@H](CO)C(=O)O. The minimum absolute atomic E-state index is 0.358. The van der Waals surface area contributed by atoms with Crippen molar-refractivity contribution in [1.82, 2.24) is 16.0 Å². The van der Waals surface area contributed by atoms with Crippen LogP contribution in [0.2, 0.25) is 0 Å². The van der Waals surface area contributed by atoms with E-state index in [2.05, 4.69) is 10.6 Å². The third kappa shape index (κ3) is 6.04. The summed E-state index contributed by atoms with van der Waals surface area (Å²) in [6.07, 6.45) is 0.774. The molecule has 3 amide bonds. The minimum Gasteiger partial charge on any atom is -0.480 e. The zero-order chi connectivity index (χ0) is 14.1. The van der Waals surface area contributed by atoms with Gasteiger partial charge >= 0.3 is 12.0 Å².